The predicted octanol–water partition coefficient (Wildman–Crippen LogP) is 1.76. The molecule has 0 heterocycles. The summed E-state index contributed by atoms with van der Waals surface area (Å²) >= 11 is 0. The Labute approximate surface area is 114 Å². The lowest BCUT2D eigenvalue weighted by molar-refractivity contribution is -0.123. The van der Waals surface area contributed by atoms with Crippen LogP contribution in [0.25, 0.3) is 0 Å². The second-order valence-electron chi connectivity index (χ2n) is 5.41. The molecule has 104 valence electrons. The first-order chi connectivity index (χ1) is 9.07. The maximum absolute atomic E-state index is 11.7. The van der Waals surface area contributed by atoms with E-state index in [0.717, 1.165) is 30.6 Å². The van der Waals surface area contributed by atoms with Crippen LogP contribution in [0, 0.1) is 6.92 Å². The van der Waals surface area contributed by atoms with Crippen LogP contribution in [-0.2, 0) is 4.79 Å². The van der Waals surface area contributed by atoms with Crippen molar-refractivity contribution in [2.75, 3.05) is 13.2 Å². The zero-order valence-electron chi connectivity index (χ0n) is 11.4. The third kappa shape index (κ3) is 4.24. The monoisotopic (exact) mass is 262 g/mol. The molecule has 0 saturated heterocycles. The van der Waals surface area contributed by atoms with Crippen LogP contribution in [0.1, 0.15) is 31.2 Å². The number of ether oxygens (including phenoxy) is 1. The molecule has 1 aliphatic rings. The van der Waals surface area contributed by atoms with Gasteiger partial charge in [0.25, 0.3) is 0 Å². The highest BCUT2D eigenvalue weighted by Crippen LogP contribution is 2.31. The molecular formula is C15H22N2O2. The average Bonchev–Trinajstić information content (AvgIpc) is 2.33. The predicted molar refractivity (Wildman–Crippen MR) is 75.1 cm³/mol. The number of nitrogens with one attached hydrogen (secondary N) is 1. The Morgan fingerprint density at radius 3 is 2.89 bits per heavy atom. The van der Waals surface area contributed by atoms with Crippen molar-refractivity contribution < 1.29 is 9.53 Å². The van der Waals surface area contributed by atoms with Gasteiger partial charge in [0, 0.05) is 12.0 Å². The minimum Gasteiger partial charge on any atom is -0.492 e. The maximum Gasteiger partial charge on any atom is 0.221 e. The summed E-state index contributed by atoms with van der Waals surface area (Å²) in [4.78, 5) is 11.7. The molecule has 0 aliphatic heterocycles. The number of nitrogens with two attached hydrogens (primary N) is 1. The Bertz CT molecular complexity index is 442. The van der Waals surface area contributed by atoms with Gasteiger partial charge in [0.2, 0.25) is 5.91 Å². The first kappa shape index (κ1) is 13.9. The molecule has 0 radical (unpaired) electrons. The second-order valence-corrected chi connectivity index (χ2v) is 5.41. The van der Waals surface area contributed by atoms with E-state index >= 15 is 0 Å². The SMILES string of the molecule is Cc1cccc(OCCNC(=O)CC2(N)CCC2)c1. The molecule has 0 aromatic heterocycles. The van der Waals surface area contributed by atoms with Crippen LogP contribution in [-0.4, -0.2) is 24.6 Å². The van der Waals surface area contributed by atoms with Gasteiger partial charge >= 0.3 is 0 Å². The summed E-state index contributed by atoms with van der Waals surface area (Å²) < 4.78 is 5.56. The van der Waals surface area contributed by atoms with E-state index in [-0.39, 0.29) is 11.4 Å². The van der Waals surface area contributed by atoms with Crippen molar-refractivity contribution in [1.82, 2.24) is 5.32 Å². The van der Waals surface area contributed by atoms with Gasteiger partial charge in [-0.25, -0.2) is 0 Å². The van der Waals surface area contributed by atoms with E-state index in [1.165, 1.54) is 0 Å². The standard InChI is InChI=1S/C15H22N2O2/c1-12-4-2-5-13(10-12)19-9-8-17-14(18)11-15(16)6-3-7-15/h2,4-5,10H,3,6-9,11,16H2,1H3,(H,17,18). The van der Waals surface area contributed by atoms with Crippen molar-refractivity contribution in [2.45, 2.75) is 38.1 Å². The van der Waals surface area contributed by atoms with Crippen LogP contribution in [0.4, 0.5) is 0 Å². The summed E-state index contributed by atoms with van der Waals surface area (Å²) in [6.45, 7) is 3.02. The van der Waals surface area contributed by atoms with Gasteiger partial charge in [0.1, 0.15) is 12.4 Å². The maximum atomic E-state index is 11.7. The summed E-state index contributed by atoms with van der Waals surface area (Å²) in [7, 11) is 0. The highest BCUT2D eigenvalue weighted by atomic mass is 16.5. The van der Waals surface area contributed by atoms with Crippen molar-refractivity contribution in [1.29, 1.82) is 0 Å². The van der Waals surface area contributed by atoms with E-state index in [4.69, 9.17) is 10.5 Å². The van der Waals surface area contributed by atoms with E-state index < -0.39 is 0 Å². The fraction of sp³-hybridized carbons (Fsp3) is 0.533. The number of amides is 1. The van der Waals surface area contributed by atoms with Crippen molar-refractivity contribution >= 4 is 5.91 Å². The van der Waals surface area contributed by atoms with Crippen molar-refractivity contribution in [3.05, 3.63) is 29.8 Å². The topological polar surface area (TPSA) is 64.3 Å². The molecule has 1 amide bonds. The Kier molecular flexibility index (Phi) is 4.43. The van der Waals surface area contributed by atoms with Crippen LogP contribution >= 0.6 is 0 Å². The van der Waals surface area contributed by atoms with Crippen LogP contribution < -0.4 is 15.8 Å². The third-order valence-electron chi connectivity index (χ3n) is 3.54. The van der Waals surface area contributed by atoms with E-state index in [9.17, 15) is 4.79 Å². The molecule has 0 unspecified atom stereocenters. The fourth-order valence-corrected chi connectivity index (χ4v) is 2.25. The number of carbonyl (C=O) groups is 1. The summed E-state index contributed by atoms with van der Waals surface area (Å²) in [5.41, 5.74) is 6.94. The fourth-order valence-electron chi connectivity index (χ4n) is 2.25. The molecule has 1 fully saturated rings. The molecule has 1 aromatic rings. The molecule has 0 spiro atoms. The minimum absolute atomic E-state index is 0.0232. The van der Waals surface area contributed by atoms with Crippen LogP contribution in [0.15, 0.2) is 24.3 Å². The van der Waals surface area contributed by atoms with Gasteiger partial charge in [-0.3, -0.25) is 4.79 Å². The molecule has 1 saturated carbocycles. The number of benzene rings is 1. The molecule has 0 bridgehead atoms. The summed E-state index contributed by atoms with van der Waals surface area (Å²) in [5, 5.41) is 2.85. The van der Waals surface area contributed by atoms with Crippen LogP contribution in [0.5, 0.6) is 5.75 Å². The molecule has 4 heteroatoms. The molecule has 2 rings (SSSR count). The lowest BCUT2D eigenvalue weighted by Gasteiger charge is -2.37. The quantitative estimate of drug-likeness (QED) is 0.768. The third-order valence-corrected chi connectivity index (χ3v) is 3.54. The molecule has 1 aromatic carbocycles. The van der Waals surface area contributed by atoms with Gasteiger partial charge < -0.3 is 15.8 Å². The van der Waals surface area contributed by atoms with Crippen LogP contribution in [0.3, 0.4) is 0 Å². The smallest absolute Gasteiger partial charge is 0.221 e. The number of hydrogen-bond donors (Lipinski definition) is 2. The van der Waals surface area contributed by atoms with E-state index in [2.05, 4.69) is 5.32 Å². The van der Waals surface area contributed by atoms with Gasteiger partial charge in [-0.05, 0) is 43.9 Å². The highest BCUT2D eigenvalue weighted by molar-refractivity contribution is 5.77. The molecule has 1 aliphatic carbocycles. The summed E-state index contributed by atoms with van der Waals surface area (Å²) in [5.74, 6) is 0.860. The highest BCUT2D eigenvalue weighted by Gasteiger charge is 2.34. The van der Waals surface area contributed by atoms with Crippen molar-refractivity contribution in [2.24, 2.45) is 5.73 Å². The lowest BCUT2D eigenvalue weighted by Crippen LogP contribution is -2.50. The summed E-state index contributed by atoms with van der Waals surface area (Å²) in [6.07, 6.45) is 3.48. The first-order valence-corrected chi connectivity index (χ1v) is 6.82. The molecule has 4 nitrogen and oxygen atoms in total. The van der Waals surface area contributed by atoms with Gasteiger partial charge in [0.15, 0.2) is 0 Å². The lowest BCUT2D eigenvalue weighted by atomic mass is 9.75. The molecule has 0 atom stereocenters. The van der Waals surface area contributed by atoms with Crippen molar-refractivity contribution in [3.8, 4) is 5.75 Å². The molecule has 19 heavy (non-hydrogen) atoms. The number of rotatable bonds is 6. The largest absolute Gasteiger partial charge is 0.492 e. The number of hydrogen-bond acceptors (Lipinski definition) is 3. The van der Waals surface area contributed by atoms with Crippen molar-refractivity contribution in [3.63, 3.8) is 0 Å². The van der Waals surface area contributed by atoms with Crippen LogP contribution in [0.2, 0.25) is 0 Å². The average molecular weight is 262 g/mol. The Morgan fingerprint density at radius 2 is 2.26 bits per heavy atom. The minimum atomic E-state index is -0.249. The Hall–Kier alpha value is -1.55. The van der Waals surface area contributed by atoms with Gasteiger partial charge in [0.05, 0.1) is 6.54 Å². The van der Waals surface area contributed by atoms with E-state index in [0.29, 0.717) is 19.6 Å². The Morgan fingerprint density at radius 1 is 1.47 bits per heavy atom. The Balaban J connectivity index is 1.62. The number of aryl methyl sites for hydroxylation is 1. The first-order valence-electron chi connectivity index (χ1n) is 6.82. The van der Waals surface area contributed by atoms with E-state index in [1.54, 1.807) is 0 Å². The zero-order chi connectivity index (χ0) is 13.7. The summed E-state index contributed by atoms with van der Waals surface area (Å²) in [6, 6.07) is 7.87. The zero-order valence-corrected chi connectivity index (χ0v) is 11.4. The molecule has 3 N–H and O–H groups in total. The van der Waals surface area contributed by atoms with Gasteiger partial charge in [-0.2, -0.15) is 0 Å². The second kappa shape index (κ2) is 6.06. The molecular weight excluding hydrogens is 240 g/mol. The number of carbonyl (C=O) groups excluding carboxylic acids is 1. The van der Waals surface area contributed by atoms with Gasteiger partial charge in [-0.15, -0.1) is 0 Å². The van der Waals surface area contributed by atoms with E-state index in [1.807, 2.05) is 31.2 Å². The normalized spacial score (nSPS) is 16.5. The van der Waals surface area contributed by atoms with Gasteiger partial charge in [-0.1, -0.05) is 12.1 Å².